The molecule has 2 fully saturated rings. The van der Waals surface area contributed by atoms with Crippen LogP contribution in [0.15, 0.2) is 18.3 Å². The van der Waals surface area contributed by atoms with Gasteiger partial charge in [0.05, 0.1) is 19.1 Å². The largest absolute Gasteiger partial charge is 0.485 e. The summed E-state index contributed by atoms with van der Waals surface area (Å²) in [6.07, 6.45) is 4.57. The predicted octanol–water partition coefficient (Wildman–Crippen LogP) is 1.55. The van der Waals surface area contributed by atoms with E-state index in [4.69, 9.17) is 9.47 Å². The molecule has 3 rings (SSSR count). The second kappa shape index (κ2) is 7.17. The third-order valence-electron chi connectivity index (χ3n) is 4.43. The molecule has 1 aromatic heterocycles. The van der Waals surface area contributed by atoms with Crippen molar-refractivity contribution in [2.45, 2.75) is 25.4 Å². The van der Waals surface area contributed by atoms with E-state index in [1.807, 2.05) is 36.0 Å². The Bertz CT molecular complexity index is 544. The summed E-state index contributed by atoms with van der Waals surface area (Å²) in [6.45, 7) is 2.76. The molecule has 0 radical (unpaired) electrons. The summed E-state index contributed by atoms with van der Waals surface area (Å²) in [5.74, 6) is 1.84. The Balaban J connectivity index is 1.59. The molecule has 2 aliphatic rings. The molecule has 126 valence electrons. The highest BCUT2D eigenvalue weighted by Crippen LogP contribution is 2.27. The van der Waals surface area contributed by atoms with Gasteiger partial charge in [-0.25, -0.2) is 4.98 Å². The van der Waals surface area contributed by atoms with Crippen LogP contribution in [0.4, 0.5) is 5.82 Å². The lowest BCUT2D eigenvalue weighted by Crippen LogP contribution is -2.39. The molecule has 0 aliphatic carbocycles. The Labute approximate surface area is 137 Å². The summed E-state index contributed by atoms with van der Waals surface area (Å²) in [4.78, 5) is 20.8. The molecule has 1 aromatic rings. The molecule has 2 unspecified atom stereocenters. The zero-order chi connectivity index (χ0) is 16.2. The van der Waals surface area contributed by atoms with Gasteiger partial charge in [-0.05, 0) is 25.0 Å². The Morgan fingerprint density at radius 1 is 1.43 bits per heavy atom. The van der Waals surface area contributed by atoms with Gasteiger partial charge < -0.3 is 19.3 Å². The van der Waals surface area contributed by atoms with Crippen LogP contribution in [0.5, 0.6) is 5.75 Å². The first-order valence-corrected chi connectivity index (χ1v) is 8.30. The minimum Gasteiger partial charge on any atom is -0.485 e. The maximum atomic E-state index is 12.5. The molecule has 3 heterocycles. The van der Waals surface area contributed by atoms with Gasteiger partial charge in [-0.15, -0.1) is 0 Å². The van der Waals surface area contributed by atoms with Crippen LogP contribution in [0.2, 0.25) is 0 Å². The van der Waals surface area contributed by atoms with Gasteiger partial charge in [0, 0.05) is 39.9 Å². The maximum Gasteiger partial charge on any atom is 0.228 e. The summed E-state index contributed by atoms with van der Waals surface area (Å²) >= 11 is 0. The van der Waals surface area contributed by atoms with Crippen LogP contribution in [0.1, 0.15) is 19.3 Å². The van der Waals surface area contributed by atoms with Crippen LogP contribution in [-0.4, -0.2) is 62.3 Å². The normalized spacial score (nSPS) is 24.5. The van der Waals surface area contributed by atoms with Crippen molar-refractivity contribution in [2.24, 2.45) is 5.92 Å². The molecular weight excluding hydrogens is 294 g/mol. The fraction of sp³-hybridized carbons (Fsp3) is 0.647. The lowest BCUT2D eigenvalue weighted by atomic mass is 10.0. The number of likely N-dealkylation sites (tertiary alicyclic amines) is 1. The highest BCUT2D eigenvalue weighted by atomic mass is 16.5. The van der Waals surface area contributed by atoms with Gasteiger partial charge in [0.15, 0.2) is 11.6 Å². The van der Waals surface area contributed by atoms with E-state index in [9.17, 15) is 4.79 Å². The molecule has 0 saturated carbocycles. The van der Waals surface area contributed by atoms with Crippen molar-refractivity contribution in [2.75, 3.05) is 45.3 Å². The van der Waals surface area contributed by atoms with Crippen LogP contribution >= 0.6 is 0 Å². The first kappa shape index (κ1) is 16.1. The third kappa shape index (κ3) is 3.75. The van der Waals surface area contributed by atoms with Gasteiger partial charge in [0.1, 0.15) is 6.10 Å². The fourth-order valence-electron chi connectivity index (χ4n) is 3.21. The average Bonchev–Trinajstić information content (AvgIpc) is 3.04. The van der Waals surface area contributed by atoms with Crippen LogP contribution < -0.4 is 9.64 Å². The smallest absolute Gasteiger partial charge is 0.228 e. The molecular formula is C17H25N3O3. The molecule has 2 aliphatic heterocycles. The number of amides is 1. The Morgan fingerprint density at radius 2 is 2.30 bits per heavy atom. The van der Waals surface area contributed by atoms with E-state index in [2.05, 4.69) is 4.98 Å². The molecule has 2 saturated heterocycles. The molecule has 2 atom stereocenters. The molecule has 0 bridgehead atoms. The lowest BCUT2D eigenvalue weighted by Gasteiger charge is -2.26. The number of hydrogen-bond donors (Lipinski definition) is 0. The van der Waals surface area contributed by atoms with E-state index < -0.39 is 0 Å². The zero-order valence-corrected chi connectivity index (χ0v) is 13.9. The number of nitrogens with zero attached hydrogens (tertiary/aromatic N) is 3. The number of carbonyl (C=O) groups excluding carboxylic acids is 1. The molecule has 6 heteroatoms. The minimum atomic E-state index is 0.0261. The summed E-state index contributed by atoms with van der Waals surface area (Å²) in [5.41, 5.74) is 0. The summed E-state index contributed by atoms with van der Waals surface area (Å²) in [6, 6.07) is 3.81. The number of ether oxygens (including phenoxy) is 2. The number of carbonyl (C=O) groups is 1. The van der Waals surface area contributed by atoms with E-state index in [0.29, 0.717) is 13.2 Å². The van der Waals surface area contributed by atoms with Crippen molar-refractivity contribution >= 4 is 11.7 Å². The minimum absolute atomic E-state index is 0.0261. The summed E-state index contributed by atoms with van der Waals surface area (Å²) in [5, 5.41) is 0. The highest BCUT2D eigenvalue weighted by molar-refractivity contribution is 5.79. The van der Waals surface area contributed by atoms with Gasteiger partial charge in [-0.3, -0.25) is 4.79 Å². The van der Waals surface area contributed by atoms with Crippen molar-refractivity contribution in [3.63, 3.8) is 0 Å². The fourth-order valence-corrected chi connectivity index (χ4v) is 3.21. The average molecular weight is 319 g/mol. The number of hydrogen-bond acceptors (Lipinski definition) is 5. The Morgan fingerprint density at radius 3 is 3.04 bits per heavy atom. The second-order valence-corrected chi connectivity index (χ2v) is 6.45. The maximum absolute atomic E-state index is 12.5. The topological polar surface area (TPSA) is 54.9 Å². The lowest BCUT2D eigenvalue weighted by molar-refractivity contribution is -0.138. The summed E-state index contributed by atoms with van der Waals surface area (Å²) < 4.78 is 11.5. The monoisotopic (exact) mass is 319 g/mol. The number of anilines is 1. The van der Waals surface area contributed by atoms with E-state index in [1.54, 1.807) is 6.20 Å². The van der Waals surface area contributed by atoms with E-state index in [0.717, 1.165) is 44.0 Å². The van der Waals surface area contributed by atoms with Crippen LogP contribution in [0.3, 0.4) is 0 Å². The second-order valence-electron chi connectivity index (χ2n) is 6.45. The van der Waals surface area contributed by atoms with Crippen molar-refractivity contribution < 1.29 is 14.3 Å². The first-order chi connectivity index (χ1) is 11.1. The molecule has 0 N–H and O–H groups in total. The number of aromatic nitrogens is 1. The van der Waals surface area contributed by atoms with Crippen LogP contribution in [-0.2, 0) is 9.53 Å². The van der Waals surface area contributed by atoms with E-state index in [-0.39, 0.29) is 17.9 Å². The number of rotatable bonds is 4. The van der Waals surface area contributed by atoms with Crippen molar-refractivity contribution in [3.05, 3.63) is 18.3 Å². The van der Waals surface area contributed by atoms with Gasteiger partial charge in [-0.2, -0.15) is 0 Å². The SMILES string of the molecule is CN(C)c1ncccc1OC1CCN(C(=O)C2CCCOC2)C1. The summed E-state index contributed by atoms with van der Waals surface area (Å²) in [7, 11) is 3.89. The van der Waals surface area contributed by atoms with Gasteiger partial charge in [0.2, 0.25) is 5.91 Å². The van der Waals surface area contributed by atoms with Crippen molar-refractivity contribution in [1.82, 2.24) is 9.88 Å². The van der Waals surface area contributed by atoms with Crippen molar-refractivity contribution in [3.8, 4) is 5.75 Å². The standard InChI is InChI=1S/C17H25N3O3/c1-19(2)16-15(6-3-8-18-16)23-14-7-9-20(11-14)17(21)13-5-4-10-22-12-13/h3,6,8,13-14H,4-5,7,9-12H2,1-2H3. The van der Waals surface area contributed by atoms with Gasteiger partial charge in [-0.1, -0.05) is 0 Å². The third-order valence-corrected chi connectivity index (χ3v) is 4.43. The number of pyridine rings is 1. The highest BCUT2D eigenvalue weighted by Gasteiger charge is 2.33. The predicted molar refractivity (Wildman–Crippen MR) is 87.7 cm³/mol. The van der Waals surface area contributed by atoms with Crippen LogP contribution in [0, 0.1) is 5.92 Å². The van der Waals surface area contributed by atoms with Crippen LogP contribution in [0.25, 0.3) is 0 Å². The molecule has 0 spiro atoms. The van der Waals surface area contributed by atoms with Gasteiger partial charge in [0.25, 0.3) is 0 Å². The van der Waals surface area contributed by atoms with Crippen molar-refractivity contribution in [1.29, 1.82) is 0 Å². The Hall–Kier alpha value is -1.82. The molecule has 23 heavy (non-hydrogen) atoms. The molecule has 0 aromatic carbocycles. The van der Waals surface area contributed by atoms with E-state index in [1.165, 1.54) is 0 Å². The van der Waals surface area contributed by atoms with Gasteiger partial charge >= 0.3 is 0 Å². The zero-order valence-electron chi connectivity index (χ0n) is 13.9. The Kier molecular flexibility index (Phi) is 5.00. The van der Waals surface area contributed by atoms with E-state index >= 15 is 0 Å². The molecule has 1 amide bonds. The molecule has 6 nitrogen and oxygen atoms in total. The quantitative estimate of drug-likeness (QED) is 0.843. The first-order valence-electron chi connectivity index (χ1n) is 8.30.